The summed E-state index contributed by atoms with van der Waals surface area (Å²) in [7, 11) is 0. The molecule has 0 saturated heterocycles. The quantitative estimate of drug-likeness (QED) is 0.347. The SMILES string of the molecule is CCCCCCOCC(=O)N(CCC)c1cc(N)ccc1C(=O)OCC. The number of amides is 1. The highest BCUT2D eigenvalue weighted by atomic mass is 16.5. The van der Waals surface area contributed by atoms with Gasteiger partial charge in [-0.25, -0.2) is 4.79 Å². The van der Waals surface area contributed by atoms with Gasteiger partial charge in [0.1, 0.15) is 6.61 Å². The summed E-state index contributed by atoms with van der Waals surface area (Å²) in [6, 6.07) is 4.87. The Balaban J connectivity index is 2.86. The second-order valence-corrected chi connectivity index (χ2v) is 6.16. The summed E-state index contributed by atoms with van der Waals surface area (Å²) in [6.07, 6.45) is 5.13. The molecule has 1 aromatic rings. The Labute approximate surface area is 156 Å². The minimum atomic E-state index is -0.461. The molecule has 26 heavy (non-hydrogen) atoms. The summed E-state index contributed by atoms with van der Waals surface area (Å²) in [6.45, 7) is 7.17. The van der Waals surface area contributed by atoms with E-state index in [-0.39, 0.29) is 19.1 Å². The van der Waals surface area contributed by atoms with Crippen molar-refractivity contribution in [1.29, 1.82) is 0 Å². The van der Waals surface area contributed by atoms with E-state index in [1.54, 1.807) is 30.0 Å². The third kappa shape index (κ3) is 7.04. The zero-order valence-corrected chi connectivity index (χ0v) is 16.3. The van der Waals surface area contributed by atoms with Crippen molar-refractivity contribution >= 4 is 23.3 Å². The van der Waals surface area contributed by atoms with Gasteiger partial charge in [-0.1, -0.05) is 33.1 Å². The maximum absolute atomic E-state index is 12.7. The molecule has 0 heterocycles. The maximum atomic E-state index is 12.7. The molecule has 2 N–H and O–H groups in total. The molecule has 0 atom stereocenters. The van der Waals surface area contributed by atoms with Crippen molar-refractivity contribution in [3.63, 3.8) is 0 Å². The Morgan fingerprint density at radius 2 is 1.85 bits per heavy atom. The van der Waals surface area contributed by atoms with Crippen molar-refractivity contribution in [1.82, 2.24) is 0 Å². The molecule has 0 aliphatic heterocycles. The van der Waals surface area contributed by atoms with Crippen LogP contribution in [0.4, 0.5) is 11.4 Å². The van der Waals surface area contributed by atoms with E-state index >= 15 is 0 Å². The predicted molar refractivity (Wildman–Crippen MR) is 104 cm³/mol. The zero-order valence-electron chi connectivity index (χ0n) is 16.3. The Morgan fingerprint density at radius 3 is 2.50 bits per heavy atom. The van der Waals surface area contributed by atoms with Gasteiger partial charge in [-0.2, -0.15) is 0 Å². The second kappa shape index (κ2) is 12.3. The van der Waals surface area contributed by atoms with E-state index in [0.29, 0.717) is 30.1 Å². The van der Waals surface area contributed by atoms with Crippen LogP contribution in [0.1, 0.15) is 63.2 Å². The number of carbonyl (C=O) groups excluding carboxylic acids is 2. The van der Waals surface area contributed by atoms with Crippen molar-refractivity contribution in [2.24, 2.45) is 0 Å². The Hall–Kier alpha value is -2.08. The van der Waals surface area contributed by atoms with E-state index in [2.05, 4.69) is 6.92 Å². The van der Waals surface area contributed by atoms with Crippen LogP contribution in [-0.4, -0.2) is 38.2 Å². The topological polar surface area (TPSA) is 81.9 Å². The summed E-state index contributed by atoms with van der Waals surface area (Å²) in [5.41, 5.74) is 7.19. The minimum absolute atomic E-state index is 0.0107. The average molecular weight is 364 g/mol. The van der Waals surface area contributed by atoms with Gasteiger partial charge >= 0.3 is 5.97 Å². The van der Waals surface area contributed by atoms with Crippen LogP contribution in [0.5, 0.6) is 0 Å². The molecule has 1 amide bonds. The van der Waals surface area contributed by atoms with Crippen LogP contribution in [0, 0.1) is 0 Å². The molecule has 146 valence electrons. The Bertz CT molecular complexity index is 575. The maximum Gasteiger partial charge on any atom is 0.340 e. The molecular weight excluding hydrogens is 332 g/mol. The van der Waals surface area contributed by atoms with Gasteiger partial charge in [-0.05, 0) is 38.0 Å². The molecule has 0 aliphatic carbocycles. The van der Waals surface area contributed by atoms with Crippen LogP contribution in [0.15, 0.2) is 18.2 Å². The first-order chi connectivity index (χ1) is 12.5. The third-order valence-corrected chi connectivity index (χ3v) is 3.92. The number of unbranched alkanes of at least 4 members (excludes halogenated alkanes) is 3. The fourth-order valence-corrected chi connectivity index (χ4v) is 2.62. The molecule has 0 aromatic heterocycles. The highest BCUT2D eigenvalue weighted by Crippen LogP contribution is 2.25. The highest BCUT2D eigenvalue weighted by Gasteiger charge is 2.22. The van der Waals surface area contributed by atoms with Gasteiger partial charge < -0.3 is 20.1 Å². The fourth-order valence-electron chi connectivity index (χ4n) is 2.62. The predicted octanol–water partition coefficient (Wildman–Crippen LogP) is 3.79. The van der Waals surface area contributed by atoms with E-state index in [1.165, 1.54) is 6.42 Å². The largest absolute Gasteiger partial charge is 0.462 e. The number of nitrogens with zero attached hydrogens (tertiary/aromatic N) is 1. The molecule has 0 bridgehead atoms. The van der Waals surface area contributed by atoms with Crippen molar-refractivity contribution in [2.75, 3.05) is 37.0 Å². The molecule has 0 aliphatic rings. The number of rotatable bonds is 12. The van der Waals surface area contributed by atoms with Crippen LogP contribution in [0.2, 0.25) is 0 Å². The van der Waals surface area contributed by atoms with Crippen LogP contribution < -0.4 is 10.6 Å². The molecule has 1 aromatic carbocycles. The molecular formula is C20H32N2O4. The summed E-state index contributed by atoms with van der Waals surface area (Å²) < 4.78 is 10.6. The fraction of sp³-hybridized carbons (Fsp3) is 0.600. The zero-order chi connectivity index (χ0) is 19.4. The van der Waals surface area contributed by atoms with Crippen LogP contribution in [-0.2, 0) is 14.3 Å². The molecule has 0 spiro atoms. The summed E-state index contributed by atoms with van der Waals surface area (Å²) in [4.78, 5) is 26.5. The number of esters is 1. The van der Waals surface area contributed by atoms with Gasteiger partial charge in [0.15, 0.2) is 0 Å². The second-order valence-electron chi connectivity index (χ2n) is 6.16. The van der Waals surface area contributed by atoms with E-state index in [0.717, 1.165) is 25.7 Å². The summed E-state index contributed by atoms with van der Waals surface area (Å²) in [5, 5.41) is 0. The monoisotopic (exact) mass is 364 g/mol. The molecule has 6 heteroatoms. The summed E-state index contributed by atoms with van der Waals surface area (Å²) in [5.74, 6) is -0.643. The lowest BCUT2D eigenvalue weighted by Gasteiger charge is -2.24. The summed E-state index contributed by atoms with van der Waals surface area (Å²) >= 11 is 0. The van der Waals surface area contributed by atoms with Gasteiger partial charge in [-0.3, -0.25) is 4.79 Å². The number of hydrogen-bond acceptors (Lipinski definition) is 5. The standard InChI is InChI=1S/C20H32N2O4/c1-4-7-8-9-13-25-15-19(23)22(12-5-2)18-14-16(21)10-11-17(18)20(24)26-6-3/h10-11,14H,4-9,12-13,15,21H2,1-3H3. The molecule has 0 fully saturated rings. The minimum Gasteiger partial charge on any atom is -0.462 e. The lowest BCUT2D eigenvalue weighted by Crippen LogP contribution is -2.36. The molecule has 6 nitrogen and oxygen atoms in total. The smallest absolute Gasteiger partial charge is 0.340 e. The van der Waals surface area contributed by atoms with E-state index in [9.17, 15) is 9.59 Å². The third-order valence-electron chi connectivity index (χ3n) is 3.92. The lowest BCUT2D eigenvalue weighted by atomic mass is 10.1. The van der Waals surface area contributed by atoms with Crippen molar-refractivity contribution in [2.45, 2.75) is 52.9 Å². The van der Waals surface area contributed by atoms with Crippen LogP contribution in [0.25, 0.3) is 0 Å². The highest BCUT2D eigenvalue weighted by molar-refractivity contribution is 6.03. The number of nitrogen functional groups attached to an aromatic ring is 1. The van der Waals surface area contributed by atoms with Gasteiger partial charge in [0.25, 0.3) is 5.91 Å². The molecule has 0 saturated carbocycles. The van der Waals surface area contributed by atoms with Gasteiger partial charge in [0.2, 0.25) is 0 Å². The first-order valence-corrected chi connectivity index (χ1v) is 9.49. The van der Waals surface area contributed by atoms with Gasteiger partial charge in [0, 0.05) is 18.8 Å². The van der Waals surface area contributed by atoms with E-state index in [4.69, 9.17) is 15.2 Å². The number of nitrogens with two attached hydrogens (primary N) is 1. The van der Waals surface area contributed by atoms with Crippen molar-refractivity contribution in [3.8, 4) is 0 Å². The number of ether oxygens (including phenoxy) is 2. The first-order valence-electron chi connectivity index (χ1n) is 9.49. The Morgan fingerprint density at radius 1 is 1.08 bits per heavy atom. The molecule has 0 unspecified atom stereocenters. The van der Waals surface area contributed by atoms with Gasteiger partial charge in [0.05, 0.1) is 17.9 Å². The van der Waals surface area contributed by atoms with E-state index in [1.807, 2.05) is 6.92 Å². The van der Waals surface area contributed by atoms with E-state index < -0.39 is 5.97 Å². The number of anilines is 2. The Kier molecular flexibility index (Phi) is 10.4. The number of benzene rings is 1. The average Bonchev–Trinajstić information content (AvgIpc) is 2.62. The molecule has 0 radical (unpaired) electrons. The lowest BCUT2D eigenvalue weighted by molar-refractivity contribution is -0.123. The normalized spacial score (nSPS) is 10.6. The van der Waals surface area contributed by atoms with Crippen LogP contribution >= 0.6 is 0 Å². The number of hydrogen-bond donors (Lipinski definition) is 1. The van der Waals surface area contributed by atoms with Crippen molar-refractivity contribution < 1.29 is 19.1 Å². The van der Waals surface area contributed by atoms with Gasteiger partial charge in [-0.15, -0.1) is 0 Å². The first kappa shape index (κ1) is 22.0. The van der Waals surface area contributed by atoms with Crippen LogP contribution in [0.3, 0.4) is 0 Å². The van der Waals surface area contributed by atoms with Crippen molar-refractivity contribution in [3.05, 3.63) is 23.8 Å². The molecule has 1 rings (SSSR count). The number of carbonyl (C=O) groups is 2.